The van der Waals surface area contributed by atoms with Gasteiger partial charge in [0.05, 0.1) is 24.4 Å². The zero-order valence-corrected chi connectivity index (χ0v) is 13.7. The van der Waals surface area contributed by atoms with Crippen LogP contribution in [0.25, 0.3) is 6.08 Å². The van der Waals surface area contributed by atoms with E-state index in [1.54, 1.807) is 12.3 Å². The Morgan fingerprint density at radius 3 is 2.96 bits per heavy atom. The predicted octanol–water partition coefficient (Wildman–Crippen LogP) is 1.61. The van der Waals surface area contributed by atoms with Crippen LogP contribution in [0.2, 0.25) is 0 Å². The lowest BCUT2D eigenvalue weighted by Gasteiger charge is -2.24. The number of hydrogen-bond acceptors (Lipinski definition) is 5. The second-order valence-electron chi connectivity index (χ2n) is 6.14. The SMILES string of the molecule is CCC(O)CNC(=O)Cc1c(C)c2c(oc1=O)C=CC1C=COC21. The molecule has 1 aromatic heterocycles. The summed E-state index contributed by atoms with van der Waals surface area (Å²) in [5.74, 6) is 0.296. The van der Waals surface area contributed by atoms with Gasteiger partial charge < -0.3 is 19.6 Å². The van der Waals surface area contributed by atoms with Crippen molar-refractivity contribution in [3.05, 3.63) is 51.3 Å². The molecule has 6 heteroatoms. The molecule has 0 aromatic carbocycles. The Labute approximate surface area is 139 Å². The molecule has 2 N–H and O–H groups in total. The highest BCUT2D eigenvalue weighted by Crippen LogP contribution is 2.41. The van der Waals surface area contributed by atoms with Gasteiger partial charge in [-0.15, -0.1) is 0 Å². The van der Waals surface area contributed by atoms with Crippen LogP contribution in [0.3, 0.4) is 0 Å². The molecule has 0 bridgehead atoms. The third-order valence-electron chi connectivity index (χ3n) is 4.54. The van der Waals surface area contributed by atoms with Crippen LogP contribution >= 0.6 is 0 Å². The van der Waals surface area contributed by atoms with Crippen LogP contribution in [0.1, 0.15) is 41.9 Å². The number of ether oxygens (including phenoxy) is 1. The molecule has 3 unspecified atom stereocenters. The summed E-state index contributed by atoms with van der Waals surface area (Å²) in [6.45, 7) is 3.82. The van der Waals surface area contributed by atoms with E-state index in [0.717, 1.165) is 11.1 Å². The van der Waals surface area contributed by atoms with E-state index in [1.807, 2.05) is 26.0 Å². The zero-order valence-electron chi connectivity index (χ0n) is 13.7. The highest BCUT2D eigenvalue weighted by molar-refractivity contribution is 5.79. The monoisotopic (exact) mass is 331 g/mol. The smallest absolute Gasteiger partial charge is 0.340 e. The summed E-state index contributed by atoms with van der Waals surface area (Å²) >= 11 is 0. The number of carbonyl (C=O) groups excluding carboxylic acids is 1. The van der Waals surface area contributed by atoms with Crippen LogP contribution in [0, 0.1) is 12.8 Å². The van der Waals surface area contributed by atoms with Gasteiger partial charge in [0.1, 0.15) is 11.9 Å². The topological polar surface area (TPSA) is 88.8 Å². The zero-order chi connectivity index (χ0) is 17.3. The van der Waals surface area contributed by atoms with Gasteiger partial charge in [0.15, 0.2) is 0 Å². The maximum absolute atomic E-state index is 12.2. The molecule has 128 valence electrons. The van der Waals surface area contributed by atoms with E-state index in [1.165, 1.54) is 0 Å². The lowest BCUT2D eigenvalue weighted by atomic mass is 9.86. The molecule has 0 saturated carbocycles. The number of amides is 1. The molecule has 1 aliphatic heterocycles. The summed E-state index contributed by atoms with van der Waals surface area (Å²) in [4.78, 5) is 24.3. The van der Waals surface area contributed by atoms with E-state index in [4.69, 9.17) is 9.15 Å². The first-order chi connectivity index (χ1) is 11.5. The van der Waals surface area contributed by atoms with E-state index in [2.05, 4.69) is 5.32 Å². The number of rotatable bonds is 5. The Kier molecular flexibility index (Phi) is 4.57. The van der Waals surface area contributed by atoms with Crippen LogP contribution in [0.15, 0.2) is 27.6 Å². The van der Waals surface area contributed by atoms with E-state index >= 15 is 0 Å². The van der Waals surface area contributed by atoms with Crippen LogP contribution in [-0.4, -0.2) is 23.7 Å². The maximum Gasteiger partial charge on any atom is 0.340 e. The minimum atomic E-state index is -0.584. The largest absolute Gasteiger partial charge is 0.493 e. The minimum absolute atomic E-state index is 0.0770. The first-order valence-electron chi connectivity index (χ1n) is 8.12. The number of nitrogens with one attached hydrogen (secondary N) is 1. The van der Waals surface area contributed by atoms with Crippen molar-refractivity contribution in [1.29, 1.82) is 0 Å². The summed E-state index contributed by atoms with van der Waals surface area (Å²) in [6.07, 6.45) is 7.01. The van der Waals surface area contributed by atoms with Crippen LogP contribution < -0.4 is 10.9 Å². The molecule has 1 aliphatic carbocycles. The number of fused-ring (bicyclic) bond motifs is 3. The van der Waals surface area contributed by atoms with Crippen molar-refractivity contribution < 1.29 is 19.1 Å². The number of hydrogen-bond donors (Lipinski definition) is 2. The Morgan fingerprint density at radius 2 is 2.21 bits per heavy atom. The van der Waals surface area contributed by atoms with Crippen LogP contribution in [0.4, 0.5) is 0 Å². The van der Waals surface area contributed by atoms with Crippen LogP contribution in [-0.2, 0) is 16.0 Å². The van der Waals surface area contributed by atoms with Crippen LogP contribution in [0.5, 0.6) is 0 Å². The molecular weight excluding hydrogens is 310 g/mol. The third-order valence-corrected chi connectivity index (χ3v) is 4.54. The summed E-state index contributed by atoms with van der Waals surface area (Å²) in [5, 5.41) is 12.2. The maximum atomic E-state index is 12.2. The van der Waals surface area contributed by atoms with Crippen molar-refractivity contribution in [3.8, 4) is 0 Å². The Morgan fingerprint density at radius 1 is 1.42 bits per heavy atom. The van der Waals surface area contributed by atoms with E-state index in [0.29, 0.717) is 17.7 Å². The fraction of sp³-hybridized carbons (Fsp3) is 0.444. The molecule has 2 aliphatic rings. The highest BCUT2D eigenvalue weighted by atomic mass is 16.5. The van der Waals surface area contributed by atoms with E-state index in [9.17, 15) is 14.7 Å². The van der Waals surface area contributed by atoms with Gasteiger partial charge >= 0.3 is 5.63 Å². The average molecular weight is 331 g/mol. The van der Waals surface area contributed by atoms with Gasteiger partial charge in [0.2, 0.25) is 5.91 Å². The summed E-state index contributed by atoms with van der Waals surface area (Å²) in [6, 6.07) is 0. The molecule has 3 rings (SSSR count). The van der Waals surface area contributed by atoms with Crippen molar-refractivity contribution in [2.75, 3.05) is 6.54 Å². The number of carbonyl (C=O) groups is 1. The van der Waals surface area contributed by atoms with Crippen molar-refractivity contribution in [2.24, 2.45) is 5.92 Å². The summed E-state index contributed by atoms with van der Waals surface area (Å²) in [7, 11) is 0. The predicted molar refractivity (Wildman–Crippen MR) is 88.2 cm³/mol. The van der Waals surface area contributed by atoms with Gasteiger partial charge in [0.25, 0.3) is 0 Å². The van der Waals surface area contributed by atoms with Gasteiger partial charge in [0, 0.05) is 18.0 Å². The molecule has 2 heterocycles. The number of aliphatic hydroxyl groups is 1. The van der Waals surface area contributed by atoms with Gasteiger partial charge in [-0.05, 0) is 31.1 Å². The molecule has 24 heavy (non-hydrogen) atoms. The summed E-state index contributed by atoms with van der Waals surface area (Å²) < 4.78 is 11.0. The second-order valence-corrected chi connectivity index (χ2v) is 6.14. The van der Waals surface area contributed by atoms with Gasteiger partial charge in [-0.1, -0.05) is 13.0 Å². The number of aliphatic hydroxyl groups excluding tert-OH is 1. The molecule has 3 atom stereocenters. The second kappa shape index (κ2) is 6.65. The highest BCUT2D eigenvalue weighted by Gasteiger charge is 2.33. The fourth-order valence-electron chi connectivity index (χ4n) is 3.03. The van der Waals surface area contributed by atoms with Gasteiger partial charge in [-0.25, -0.2) is 4.79 Å². The molecule has 6 nitrogen and oxygen atoms in total. The molecule has 0 spiro atoms. The standard InChI is InChI=1S/C18H21NO5/c1-3-12(20)9-19-15(21)8-13-10(2)16-14(24-18(13)22)5-4-11-6-7-23-17(11)16/h4-7,11-12,17,20H,3,8-9H2,1-2H3,(H,19,21). The first kappa shape index (κ1) is 16.5. The van der Waals surface area contributed by atoms with Gasteiger partial charge in [-0.3, -0.25) is 4.79 Å². The fourth-order valence-corrected chi connectivity index (χ4v) is 3.03. The normalized spacial score (nSPS) is 21.8. The molecule has 0 radical (unpaired) electrons. The molecule has 1 amide bonds. The minimum Gasteiger partial charge on any atom is -0.493 e. The average Bonchev–Trinajstić information content (AvgIpc) is 3.04. The van der Waals surface area contributed by atoms with Crippen molar-refractivity contribution >= 4 is 12.0 Å². The lowest BCUT2D eigenvalue weighted by molar-refractivity contribution is -0.120. The van der Waals surface area contributed by atoms with Gasteiger partial charge in [-0.2, -0.15) is 0 Å². The van der Waals surface area contributed by atoms with Crippen molar-refractivity contribution in [1.82, 2.24) is 5.32 Å². The van der Waals surface area contributed by atoms with E-state index < -0.39 is 11.7 Å². The molecule has 0 saturated heterocycles. The summed E-state index contributed by atoms with van der Waals surface area (Å²) in [5.41, 5.74) is 1.38. The van der Waals surface area contributed by atoms with E-state index in [-0.39, 0.29) is 30.9 Å². The molecular formula is C18H21NO5. The quantitative estimate of drug-likeness (QED) is 0.856. The lowest BCUT2D eigenvalue weighted by Crippen LogP contribution is -2.34. The Hall–Kier alpha value is -2.34. The van der Waals surface area contributed by atoms with Crippen molar-refractivity contribution in [2.45, 2.75) is 38.9 Å². The Bertz CT molecular complexity index is 761. The molecule has 1 aromatic rings. The van der Waals surface area contributed by atoms with Crippen molar-refractivity contribution in [3.63, 3.8) is 0 Å². The first-order valence-corrected chi connectivity index (χ1v) is 8.12. The third kappa shape index (κ3) is 3.01. The Balaban J connectivity index is 1.85. The molecule has 0 fully saturated rings.